The monoisotopic (exact) mass is 348 g/mol. The Morgan fingerprint density at radius 2 is 1.65 bits per heavy atom. The third-order valence-electron chi connectivity index (χ3n) is 4.45. The quantitative estimate of drug-likeness (QED) is 0.676. The van der Waals surface area contributed by atoms with Crippen molar-refractivity contribution in [2.24, 2.45) is 0 Å². The molecule has 0 aromatic heterocycles. The van der Waals surface area contributed by atoms with Gasteiger partial charge in [-0.1, -0.05) is 6.42 Å². The fourth-order valence-electron chi connectivity index (χ4n) is 2.96. The predicted octanol–water partition coefficient (Wildman–Crippen LogP) is -0.671. The Hall–Kier alpha value is -1.19. The molecule has 0 aromatic rings. The molecule has 1 amide bonds. The van der Waals surface area contributed by atoms with E-state index in [1.165, 1.54) is 9.21 Å². The van der Waals surface area contributed by atoms with E-state index in [0.717, 1.165) is 25.5 Å². The van der Waals surface area contributed by atoms with Crippen LogP contribution in [0.1, 0.15) is 32.1 Å². The molecule has 1 N–H and O–H groups in total. The number of piperazine rings is 1. The third-order valence-corrected chi connectivity index (χ3v) is 5.75. The van der Waals surface area contributed by atoms with Crippen molar-refractivity contribution in [3.05, 3.63) is 0 Å². The summed E-state index contributed by atoms with van der Waals surface area (Å²) in [5.41, 5.74) is -1.46. The molecule has 9 heteroatoms. The van der Waals surface area contributed by atoms with Gasteiger partial charge in [0.25, 0.3) is 5.91 Å². The van der Waals surface area contributed by atoms with Gasteiger partial charge in [-0.15, -0.1) is 0 Å². The molecule has 0 atom stereocenters. The normalized spacial score (nSPS) is 22.6. The first-order valence-electron chi connectivity index (χ1n) is 7.85. The Bertz CT molecular complexity index is 548. The van der Waals surface area contributed by atoms with Gasteiger partial charge in [-0.2, -0.15) is 4.31 Å². The minimum absolute atomic E-state index is 0.239. The summed E-state index contributed by atoms with van der Waals surface area (Å²) in [6.45, 7) is 0.604. The molecule has 2 aliphatic rings. The Morgan fingerprint density at radius 3 is 2.17 bits per heavy atom. The lowest BCUT2D eigenvalue weighted by atomic mass is 9.85. The van der Waals surface area contributed by atoms with Crippen LogP contribution in [0.3, 0.4) is 0 Å². The molecule has 0 spiro atoms. The summed E-state index contributed by atoms with van der Waals surface area (Å²) < 4.78 is 29.1. The lowest BCUT2D eigenvalue weighted by Gasteiger charge is -2.33. The van der Waals surface area contributed by atoms with Crippen molar-refractivity contribution in [1.29, 1.82) is 0 Å². The van der Waals surface area contributed by atoms with Gasteiger partial charge in [0.2, 0.25) is 10.0 Å². The fourth-order valence-corrected chi connectivity index (χ4v) is 3.79. The SMILES string of the molecule is CS(=O)(=O)N1CCN(C(=O)COC(=O)C2(O)CCCCC2)CC1. The number of rotatable bonds is 4. The van der Waals surface area contributed by atoms with E-state index in [1.54, 1.807) is 0 Å². The second kappa shape index (κ2) is 7.14. The van der Waals surface area contributed by atoms with Crippen molar-refractivity contribution >= 4 is 21.9 Å². The molecule has 0 bridgehead atoms. The Morgan fingerprint density at radius 1 is 1.09 bits per heavy atom. The van der Waals surface area contributed by atoms with Crippen LogP contribution in [0.15, 0.2) is 0 Å². The third kappa shape index (κ3) is 4.65. The highest BCUT2D eigenvalue weighted by Gasteiger charge is 2.39. The Balaban J connectivity index is 1.78. The molecule has 0 unspecified atom stereocenters. The van der Waals surface area contributed by atoms with Gasteiger partial charge in [-0.25, -0.2) is 13.2 Å². The summed E-state index contributed by atoms with van der Waals surface area (Å²) >= 11 is 0. The molecule has 2 fully saturated rings. The van der Waals surface area contributed by atoms with E-state index in [2.05, 4.69) is 0 Å². The number of hydrogen-bond acceptors (Lipinski definition) is 6. The lowest BCUT2D eigenvalue weighted by molar-refractivity contribution is -0.172. The molecule has 23 heavy (non-hydrogen) atoms. The molecular formula is C14H24N2O6S. The van der Waals surface area contributed by atoms with Crippen LogP contribution >= 0.6 is 0 Å². The molecule has 0 radical (unpaired) electrons. The molecule has 132 valence electrons. The largest absolute Gasteiger partial charge is 0.453 e. The molecule has 1 saturated carbocycles. The van der Waals surface area contributed by atoms with Crippen molar-refractivity contribution in [3.8, 4) is 0 Å². The smallest absolute Gasteiger partial charge is 0.338 e. The van der Waals surface area contributed by atoms with Gasteiger partial charge >= 0.3 is 5.97 Å². The minimum atomic E-state index is -3.25. The number of esters is 1. The van der Waals surface area contributed by atoms with Crippen molar-refractivity contribution < 1.29 is 27.9 Å². The standard InChI is InChI=1S/C14H24N2O6S/c1-23(20,21)16-9-7-15(8-10-16)12(17)11-22-13(18)14(19)5-3-2-4-6-14/h19H,2-11H2,1H3. The minimum Gasteiger partial charge on any atom is -0.453 e. The zero-order chi connectivity index (χ0) is 17.1. The highest BCUT2D eigenvalue weighted by atomic mass is 32.2. The van der Waals surface area contributed by atoms with Gasteiger partial charge in [0.1, 0.15) is 0 Å². The summed E-state index contributed by atoms with van der Waals surface area (Å²) in [4.78, 5) is 25.5. The molecule has 2 rings (SSSR count). The fraction of sp³-hybridized carbons (Fsp3) is 0.857. The van der Waals surface area contributed by atoms with E-state index >= 15 is 0 Å². The van der Waals surface area contributed by atoms with E-state index in [1.807, 2.05) is 0 Å². The van der Waals surface area contributed by atoms with Crippen LogP contribution in [0.4, 0.5) is 0 Å². The first-order valence-corrected chi connectivity index (χ1v) is 9.70. The highest BCUT2D eigenvalue weighted by Crippen LogP contribution is 2.29. The molecular weight excluding hydrogens is 324 g/mol. The van der Waals surface area contributed by atoms with E-state index in [-0.39, 0.29) is 32.1 Å². The van der Waals surface area contributed by atoms with Crippen LogP contribution in [0.5, 0.6) is 0 Å². The average Bonchev–Trinajstić information content (AvgIpc) is 2.52. The van der Waals surface area contributed by atoms with Crippen LogP contribution in [-0.2, 0) is 24.3 Å². The highest BCUT2D eigenvalue weighted by molar-refractivity contribution is 7.88. The van der Waals surface area contributed by atoms with E-state index in [9.17, 15) is 23.1 Å². The second-order valence-corrected chi connectivity index (χ2v) is 8.19. The molecule has 0 aromatic carbocycles. The van der Waals surface area contributed by atoms with Gasteiger partial charge < -0.3 is 14.7 Å². The maximum Gasteiger partial charge on any atom is 0.338 e. The number of carbonyl (C=O) groups excluding carboxylic acids is 2. The number of hydrogen-bond donors (Lipinski definition) is 1. The topological polar surface area (TPSA) is 104 Å². The second-order valence-electron chi connectivity index (χ2n) is 6.21. The van der Waals surface area contributed by atoms with Crippen molar-refractivity contribution in [2.75, 3.05) is 39.0 Å². The van der Waals surface area contributed by atoms with Crippen LogP contribution in [0.25, 0.3) is 0 Å². The van der Waals surface area contributed by atoms with Gasteiger partial charge in [0, 0.05) is 26.2 Å². The van der Waals surface area contributed by atoms with Crippen LogP contribution in [0, 0.1) is 0 Å². The van der Waals surface area contributed by atoms with Gasteiger partial charge in [-0.05, 0) is 25.7 Å². The predicted molar refractivity (Wildman–Crippen MR) is 82.0 cm³/mol. The van der Waals surface area contributed by atoms with Crippen molar-refractivity contribution in [1.82, 2.24) is 9.21 Å². The number of sulfonamides is 1. The molecule has 1 aliphatic heterocycles. The number of amides is 1. The van der Waals surface area contributed by atoms with Crippen LogP contribution < -0.4 is 0 Å². The van der Waals surface area contributed by atoms with Crippen LogP contribution in [0.2, 0.25) is 0 Å². The number of ether oxygens (including phenoxy) is 1. The van der Waals surface area contributed by atoms with Crippen molar-refractivity contribution in [3.63, 3.8) is 0 Å². The Labute approximate surface area is 136 Å². The summed E-state index contributed by atoms with van der Waals surface area (Å²) in [7, 11) is -3.25. The van der Waals surface area contributed by atoms with E-state index in [0.29, 0.717) is 12.8 Å². The van der Waals surface area contributed by atoms with Gasteiger partial charge in [0.05, 0.1) is 6.26 Å². The zero-order valence-corrected chi connectivity index (χ0v) is 14.2. The molecule has 1 heterocycles. The Kier molecular flexibility index (Phi) is 5.64. The summed E-state index contributed by atoms with van der Waals surface area (Å²) in [6, 6.07) is 0. The van der Waals surface area contributed by atoms with Gasteiger partial charge in [-0.3, -0.25) is 4.79 Å². The molecule has 1 aliphatic carbocycles. The maximum absolute atomic E-state index is 12.0. The maximum atomic E-state index is 12.0. The summed E-state index contributed by atoms with van der Waals surface area (Å²) in [5.74, 6) is -1.11. The van der Waals surface area contributed by atoms with E-state index < -0.39 is 28.2 Å². The average molecular weight is 348 g/mol. The molecule has 1 saturated heterocycles. The van der Waals surface area contributed by atoms with Crippen molar-refractivity contribution in [2.45, 2.75) is 37.7 Å². The van der Waals surface area contributed by atoms with E-state index in [4.69, 9.17) is 4.74 Å². The van der Waals surface area contributed by atoms with Gasteiger partial charge in [0.15, 0.2) is 12.2 Å². The lowest BCUT2D eigenvalue weighted by Crippen LogP contribution is -2.51. The summed E-state index contributed by atoms with van der Waals surface area (Å²) in [6.07, 6.45) is 4.40. The number of nitrogens with zero attached hydrogens (tertiary/aromatic N) is 2. The number of aliphatic hydroxyl groups is 1. The zero-order valence-electron chi connectivity index (χ0n) is 13.4. The first kappa shape index (κ1) is 18.2. The van der Waals surface area contributed by atoms with Crippen LogP contribution in [-0.4, -0.2) is 79.2 Å². The first-order chi connectivity index (χ1) is 10.7. The number of carbonyl (C=O) groups is 2. The molecule has 8 nitrogen and oxygen atoms in total. The summed E-state index contributed by atoms with van der Waals surface area (Å²) in [5, 5.41) is 10.2.